The molecule has 1 aromatic heterocycles. The van der Waals surface area contributed by atoms with Gasteiger partial charge in [0.15, 0.2) is 0 Å². The van der Waals surface area contributed by atoms with Crippen LogP contribution < -0.4 is 5.32 Å². The third kappa shape index (κ3) is 3.34. The van der Waals surface area contributed by atoms with Gasteiger partial charge in [0.1, 0.15) is 12.2 Å². The minimum Gasteiger partial charge on any atom is -0.387 e. The highest BCUT2D eigenvalue weighted by atomic mass is 35.5. The molecular weight excluding hydrogens is 280 g/mol. The van der Waals surface area contributed by atoms with E-state index in [1.165, 1.54) is 10.9 Å². The van der Waals surface area contributed by atoms with Gasteiger partial charge < -0.3 is 10.4 Å². The Morgan fingerprint density at radius 3 is 2.95 bits per heavy atom. The van der Waals surface area contributed by atoms with Crippen LogP contribution >= 0.6 is 11.6 Å². The maximum atomic E-state index is 11.9. The number of carbonyl (C=O) groups is 1. The molecule has 0 saturated heterocycles. The lowest BCUT2D eigenvalue weighted by molar-refractivity contribution is -0.116. The summed E-state index contributed by atoms with van der Waals surface area (Å²) < 4.78 is 1.37. The minimum atomic E-state index is -0.706. The van der Waals surface area contributed by atoms with Crippen LogP contribution in [0.25, 0.3) is 0 Å². The number of aromatic nitrogens is 3. The summed E-state index contributed by atoms with van der Waals surface area (Å²) in [5, 5.41) is 20.3. The van der Waals surface area contributed by atoms with E-state index in [0.29, 0.717) is 16.4 Å². The zero-order valence-electron chi connectivity index (χ0n) is 11.2. The Morgan fingerprint density at radius 2 is 2.30 bits per heavy atom. The molecule has 0 aliphatic rings. The Morgan fingerprint density at radius 1 is 1.55 bits per heavy atom. The normalized spacial score (nSPS) is 12.2. The molecule has 1 unspecified atom stereocenters. The number of hydrogen-bond acceptors (Lipinski definition) is 4. The van der Waals surface area contributed by atoms with E-state index in [2.05, 4.69) is 15.6 Å². The average Bonchev–Trinajstić information content (AvgIpc) is 2.83. The van der Waals surface area contributed by atoms with Crippen molar-refractivity contribution in [2.75, 3.05) is 5.32 Å². The van der Waals surface area contributed by atoms with Crippen molar-refractivity contribution in [1.29, 1.82) is 0 Å². The van der Waals surface area contributed by atoms with Gasteiger partial charge >= 0.3 is 0 Å². The molecule has 1 aromatic carbocycles. The number of hydrogen-bond donors (Lipinski definition) is 2. The van der Waals surface area contributed by atoms with Crippen LogP contribution in [0.3, 0.4) is 0 Å². The van der Waals surface area contributed by atoms with Crippen LogP contribution in [0.2, 0.25) is 5.02 Å². The van der Waals surface area contributed by atoms with Gasteiger partial charge in [0.05, 0.1) is 12.3 Å². The van der Waals surface area contributed by atoms with Crippen LogP contribution in [-0.2, 0) is 11.3 Å². The monoisotopic (exact) mass is 294 g/mol. The fourth-order valence-corrected chi connectivity index (χ4v) is 1.84. The van der Waals surface area contributed by atoms with Crippen LogP contribution in [-0.4, -0.2) is 26.0 Å². The molecule has 0 spiro atoms. The largest absolute Gasteiger partial charge is 0.387 e. The van der Waals surface area contributed by atoms with E-state index < -0.39 is 6.10 Å². The third-order valence-corrected chi connectivity index (χ3v) is 3.24. The van der Waals surface area contributed by atoms with Gasteiger partial charge in [-0.2, -0.15) is 0 Å². The summed E-state index contributed by atoms with van der Waals surface area (Å²) in [6.45, 7) is 3.44. The van der Waals surface area contributed by atoms with Crippen LogP contribution in [0, 0.1) is 6.92 Å². The molecule has 1 amide bonds. The number of anilines is 1. The second kappa shape index (κ2) is 6.02. The first-order chi connectivity index (χ1) is 9.47. The molecule has 106 valence electrons. The van der Waals surface area contributed by atoms with Crippen LogP contribution in [0.15, 0.2) is 24.4 Å². The van der Waals surface area contributed by atoms with Crippen LogP contribution in [0.4, 0.5) is 5.69 Å². The number of benzene rings is 1. The van der Waals surface area contributed by atoms with Crippen molar-refractivity contribution >= 4 is 23.2 Å². The maximum absolute atomic E-state index is 11.9. The van der Waals surface area contributed by atoms with Gasteiger partial charge in [-0.25, -0.2) is 4.68 Å². The van der Waals surface area contributed by atoms with Crippen LogP contribution in [0.5, 0.6) is 0 Å². The fourth-order valence-electron chi connectivity index (χ4n) is 1.66. The SMILES string of the molecule is Cc1c(Cl)cccc1NC(=O)Cn1cc(C(C)O)nn1. The highest BCUT2D eigenvalue weighted by Crippen LogP contribution is 2.22. The Labute approximate surface area is 121 Å². The zero-order chi connectivity index (χ0) is 14.7. The van der Waals surface area contributed by atoms with Crippen molar-refractivity contribution in [2.45, 2.75) is 26.5 Å². The summed E-state index contributed by atoms with van der Waals surface area (Å²) in [6, 6.07) is 5.31. The lowest BCUT2D eigenvalue weighted by atomic mass is 10.2. The molecule has 7 heteroatoms. The summed E-state index contributed by atoms with van der Waals surface area (Å²) in [5.74, 6) is -0.239. The van der Waals surface area contributed by atoms with Crippen molar-refractivity contribution in [3.05, 3.63) is 40.7 Å². The Kier molecular flexibility index (Phi) is 4.36. The lowest BCUT2D eigenvalue weighted by Gasteiger charge is -2.09. The number of amides is 1. The second-order valence-corrected chi connectivity index (χ2v) is 4.88. The first-order valence-corrected chi connectivity index (χ1v) is 6.48. The van der Waals surface area contributed by atoms with E-state index in [0.717, 1.165) is 5.56 Å². The molecule has 20 heavy (non-hydrogen) atoms. The van der Waals surface area contributed by atoms with Crippen molar-refractivity contribution in [1.82, 2.24) is 15.0 Å². The number of nitrogens with one attached hydrogen (secondary N) is 1. The molecule has 2 rings (SSSR count). The van der Waals surface area contributed by atoms with E-state index in [1.807, 2.05) is 6.92 Å². The number of aliphatic hydroxyl groups is 1. The molecular formula is C13H15ClN4O2. The summed E-state index contributed by atoms with van der Waals surface area (Å²) in [4.78, 5) is 11.9. The third-order valence-electron chi connectivity index (χ3n) is 2.83. The number of nitrogens with zero attached hydrogens (tertiary/aromatic N) is 3. The van der Waals surface area contributed by atoms with Gasteiger partial charge in [0, 0.05) is 10.7 Å². The van der Waals surface area contributed by atoms with Crippen LogP contribution in [0.1, 0.15) is 24.3 Å². The van der Waals surface area contributed by atoms with E-state index in [-0.39, 0.29) is 12.5 Å². The zero-order valence-corrected chi connectivity index (χ0v) is 11.9. The van der Waals surface area contributed by atoms with Crippen molar-refractivity contribution in [2.24, 2.45) is 0 Å². The van der Waals surface area contributed by atoms with Gasteiger partial charge in [-0.15, -0.1) is 5.10 Å². The predicted octanol–water partition coefficient (Wildman–Crippen LogP) is 1.93. The Bertz CT molecular complexity index is 625. The highest BCUT2D eigenvalue weighted by Gasteiger charge is 2.10. The summed E-state index contributed by atoms with van der Waals surface area (Å²) >= 11 is 5.99. The number of aliphatic hydroxyl groups excluding tert-OH is 1. The van der Waals surface area contributed by atoms with Gasteiger partial charge in [-0.05, 0) is 31.5 Å². The maximum Gasteiger partial charge on any atom is 0.246 e. The Balaban J connectivity index is 2.03. The molecule has 0 bridgehead atoms. The Hall–Kier alpha value is -1.92. The predicted molar refractivity (Wildman–Crippen MR) is 75.5 cm³/mol. The number of rotatable bonds is 4. The molecule has 0 saturated carbocycles. The number of carbonyl (C=O) groups excluding carboxylic acids is 1. The summed E-state index contributed by atoms with van der Waals surface area (Å²) in [7, 11) is 0. The van der Waals surface area contributed by atoms with E-state index >= 15 is 0 Å². The number of halogens is 1. The summed E-state index contributed by atoms with van der Waals surface area (Å²) in [5.41, 5.74) is 1.90. The van der Waals surface area contributed by atoms with Gasteiger partial charge in [0.2, 0.25) is 5.91 Å². The summed E-state index contributed by atoms with van der Waals surface area (Å²) in [6.07, 6.45) is 0.830. The molecule has 1 atom stereocenters. The first-order valence-electron chi connectivity index (χ1n) is 6.10. The molecule has 0 radical (unpaired) electrons. The van der Waals surface area contributed by atoms with Gasteiger partial charge in [0.25, 0.3) is 0 Å². The average molecular weight is 295 g/mol. The molecule has 6 nitrogen and oxygen atoms in total. The fraction of sp³-hybridized carbons (Fsp3) is 0.308. The quantitative estimate of drug-likeness (QED) is 0.903. The second-order valence-electron chi connectivity index (χ2n) is 4.48. The smallest absolute Gasteiger partial charge is 0.246 e. The van der Waals surface area contributed by atoms with E-state index in [1.54, 1.807) is 25.1 Å². The molecule has 2 aromatic rings. The van der Waals surface area contributed by atoms with E-state index in [9.17, 15) is 9.90 Å². The van der Waals surface area contributed by atoms with Gasteiger partial charge in [-0.1, -0.05) is 22.9 Å². The van der Waals surface area contributed by atoms with Crippen molar-refractivity contribution < 1.29 is 9.90 Å². The van der Waals surface area contributed by atoms with E-state index in [4.69, 9.17) is 11.6 Å². The first kappa shape index (κ1) is 14.5. The molecule has 0 aliphatic carbocycles. The molecule has 0 aliphatic heterocycles. The van der Waals surface area contributed by atoms with Crippen molar-refractivity contribution in [3.8, 4) is 0 Å². The highest BCUT2D eigenvalue weighted by molar-refractivity contribution is 6.31. The standard InChI is InChI=1S/C13H15ClN4O2/c1-8-10(14)4-3-5-11(8)15-13(20)7-18-6-12(9(2)19)16-17-18/h3-6,9,19H,7H2,1-2H3,(H,15,20). The lowest BCUT2D eigenvalue weighted by Crippen LogP contribution is -2.19. The topological polar surface area (TPSA) is 80.0 Å². The van der Waals surface area contributed by atoms with Gasteiger partial charge in [-0.3, -0.25) is 4.79 Å². The molecule has 1 heterocycles. The molecule has 0 fully saturated rings. The van der Waals surface area contributed by atoms with Crippen molar-refractivity contribution in [3.63, 3.8) is 0 Å². The molecule has 2 N–H and O–H groups in total. The minimum absolute atomic E-state index is 0.0195.